The van der Waals surface area contributed by atoms with Crippen LogP contribution in [0.25, 0.3) is 0 Å². The fourth-order valence-corrected chi connectivity index (χ4v) is 1.82. The number of rotatable bonds is 11. The molecule has 4 nitrogen and oxygen atoms in total. The van der Waals surface area contributed by atoms with Crippen molar-refractivity contribution in [3.63, 3.8) is 0 Å². The van der Waals surface area contributed by atoms with E-state index >= 15 is 0 Å². The van der Waals surface area contributed by atoms with Gasteiger partial charge in [0.1, 0.15) is 0 Å². The minimum Gasteiger partial charge on any atom is -0.354 e. The second kappa shape index (κ2) is 12.0. The lowest BCUT2D eigenvalue weighted by Gasteiger charge is -2.14. The van der Waals surface area contributed by atoms with Crippen LogP contribution in [-0.2, 0) is 9.59 Å². The second-order valence-electron chi connectivity index (χ2n) is 5.19. The summed E-state index contributed by atoms with van der Waals surface area (Å²) in [6, 6.07) is 0.00394. The molecule has 0 aromatic rings. The Labute approximate surface area is 117 Å². The largest absolute Gasteiger partial charge is 0.354 e. The van der Waals surface area contributed by atoms with E-state index in [2.05, 4.69) is 24.5 Å². The maximum atomic E-state index is 11.6. The molecular formula is C15H30N2O2. The van der Waals surface area contributed by atoms with Crippen molar-refractivity contribution in [2.45, 2.75) is 78.2 Å². The van der Waals surface area contributed by atoms with Gasteiger partial charge in [0.05, 0.1) is 0 Å². The highest BCUT2D eigenvalue weighted by Gasteiger charge is 2.08. The highest BCUT2D eigenvalue weighted by atomic mass is 16.2. The number of carbonyl (C=O) groups excluding carboxylic acids is 2. The zero-order valence-corrected chi connectivity index (χ0v) is 12.8. The summed E-state index contributed by atoms with van der Waals surface area (Å²) < 4.78 is 0. The Bertz CT molecular complexity index is 255. The summed E-state index contributed by atoms with van der Waals surface area (Å²) in [5, 5.41) is 5.77. The van der Waals surface area contributed by atoms with Gasteiger partial charge in [0, 0.05) is 25.4 Å². The molecule has 1 unspecified atom stereocenters. The molecule has 2 amide bonds. The Morgan fingerprint density at radius 1 is 0.895 bits per heavy atom. The Morgan fingerprint density at radius 2 is 1.42 bits per heavy atom. The summed E-state index contributed by atoms with van der Waals surface area (Å²) in [5.41, 5.74) is 0. The van der Waals surface area contributed by atoms with E-state index in [1.54, 1.807) is 0 Å². The zero-order chi connectivity index (χ0) is 14.5. The van der Waals surface area contributed by atoms with Gasteiger partial charge in [-0.15, -0.1) is 0 Å². The summed E-state index contributed by atoms with van der Waals surface area (Å²) in [6.07, 6.45) is 7.49. The van der Waals surface area contributed by atoms with E-state index in [1.807, 2.05) is 6.92 Å². The monoisotopic (exact) mass is 270 g/mol. The van der Waals surface area contributed by atoms with Crippen LogP contribution >= 0.6 is 0 Å². The average molecular weight is 270 g/mol. The van der Waals surface area contributed by atoms with E-state index in [-0.39, 0.29) is 17.9 Å². The SMILES string of the molecule is CCCCCC(=O)NCC(C)NC(=O)CCCCC. The average Bonchev–Trinajstić information content (AvgIpc) is 2.37. The van der Waals surface area contributed by atoms with Crippen LogP contribution in [0.1, 0.15) is 72.1 Å². The maximum Gasteiger partial charge on any atom is 0.220 e. The number of nitrogens with one attached hydrogen (secondary N) is 2. The van der Waals surface area contributed by atoms with Gasteiger partial charge in [-0.3, -0.25) is 9.59 Å². The van der Waals surface area contributed by atoms with E-state index in [0.717, 1.165) is 38.5 Å². The number of unbranched alkanes of at least 4 members (excludes halogenated alkanes) is 4. The molecule has 0 aliphatic rings. The summed E-state index contributed by atoms with van der Waals surface area (Å²) in [5.74, 6) is 0.168. The van der Waals surface area contributed by atoms with Gasteiger partial charge in [-0.25, -0.2) is 0 Å². The molecule has 0 fully saturated rings. The number of amides is 2. The van der Waals surface area contributed by atoms with Gasteiger partial charge in [-0.2, -0.15) is 0 Å². The molecule has 0 radical (unpaired) electrons. The van der Waals surface area contributed by atoms with Crippen molar-refractivity contribution in [1.82, 2.24) is 10.6 Å². The first-order chi connectivity index (χ1) is 9.10. The highest BCUT2D eigenvalue weighted by molar-refractivity contribution is 5.77. The van der Waals surface area contributed by atoms with E-state index in [1.165, 1.54) is 0 Å². The van der Waals surface area contributed by atoms with Gasteiger partial charge in [0.2, 0.25) is 11.8 Å². The van der Waals surface area contributed by atoms with E-state index < -0.39 is 0 Å². The molecule has 0 spiro atoms. The Kier molecular flexibility index (Phi) is 11.3. The van der Waals surface area contributed by atoms with E-state index in [0.29, 0.717) is 19.4 Å². The molecule has 0 aromatic carbocycles. The van der Waals surface area contributed by atoms with Gasteiger partial charge < -0.3 is 10.6 Å². The predicted molar refractivity (Wildman–Crippen MR) is 78.9 cm³/mol. The summed E-state index contributed by atoms with van der Waals surface area (Å²) in [7, 11) is 0. The number of hydrogen-bond donors (Lipinski definition) is 2. The third-order valence-corrected chi connectivity index (χ3v) is 3.03. The summed E-state index contributed by atoms with van der Waals surface area (Å²) >= 11 is 0. The number of carbonyl (C=O) groups is 2. The van der Waals surface area contributed by atoms with Crippen LogP contribution in [0.4, 0.5) is 0 Å². The van der Waals surface area contributed by atoms with Crippen molar-refractivity contribution >= 4 is 11.8 Å². The molecule has 1 atom stereocenters. The third kappa shape index (κ3) is 11.7. The number of hydrogen-bond acceptors (Lipinski definition) is 2. The highest BCUT2D eigenvalue weighted by Crippen LogP contribution is 1.99. The fraction of sp³-hybridized carbons (Fsp3) is 0.867. The van der Waals surface area contributed by atoms with Gasteiger partial charge >= 0.3 is 0 Å². The van der Waals surface area contributed by atoms with Crippen molar-refractivity contribution in [3.8, 4) is 0 Å². The lowest BCUT2D eigenvalue weighted by atomic mass is 10.2. The van der Waals surface area contributed by atoms with Gasteiger partial charge in [-0.1, -0.05) is 39.5 Å². The summed E-state index contributed by atoms with van der Waals surface area (Å²) in [4.78, 5) is 23.1. The van der Waals surface area contributed by atoms with Crippen LogP contribution in [0.5, 0.6) is 0 Å². The standard InChI is InChI=1S/C15H30N2O2/c1-4-6-8-10-14(18)16-12-13(3)17-15(19)11-9-7-5-2/h13H,4-12H2,1-3H3,(H,16,18)(H,17,19). The first-order valence-electron chi connectivity index (χ1n) is 7.66. The van der Waals surface area contributed by atoms with Crippen molar-refractivity contribution in [3.05, 3.63) is 0 Å². The predicted octanol–water partition coefficient (Wildman–Crippen LogP) is 2.77. The first-order valence-corrected chi connectivity index (χ1v) is 7.66. The second-order valence-corrected chi connectivity index (χ2v) is 5.19. The minimum absolute atomic E-state index is 0.00394. The Hall–Kier alpha value is -1.06. The van der Waals surface area contributed by atoms with Crippen molar-refractivity contribution in [2.75, 3.05) is 6.54 Å². The Morgan fingerprint density at radius 3 is 1.95 bits per heavy atom. The lowest BCUT2D eigenvalue weighted by molar-refractivity contribution is -0.123. The van der Waals surface area contributed by atoms with Crippen LogP contribution in [0.15, 0.2) is 0 Å². The fourth-order valence-electron chi connectivity index (χ4n) is 1.82. The molecular weight excluding hydrogens is 240 g/mol. The molecule has 112 valence electrons. The molecule has 0 bridgehead atoms. The first kappa shape index (κ1) is 17.9. The topological polar surface area (TPSA) is 58.2 Å². The normalized spacial score (nSPS) is 11.9. The van der Waals surface area contributed by atoms with E-state index in [4.69, 9.17) is 0 Å². The molecule has 0 rings (SSSR count). The molecule has 19 heavy (non-hydrogen) atoms. The Balaban J connectivity index is 3.59. The van der Waals surface area contributed by atoms with Crippen molar-refractivity contribution < 1.29 is 9.59 Å². The molecule has 0 saturated carbocycles. The van der Waals surface area contributed by atoms with Crippen molar-refractivity contribution in [2.24, 2.45) is 0 Å². The smallest absolute Gasteiger partial charge is 0.220 e. The molecule has 2 N–H and O–H groups in total. The quantitative estimate of drug-likeness (QED) is 0.567. The molecule has 0 aliphatic carbocycles. The summed E-state index contributed by atoms with van der Waals surface area (Å²) in [6.45, 7) is 6.68. The van der Waals surface area contributed by atoms with Crippen molar-refractivity contribution in [1.29, 1.82) is 0 Å². The van der Waals surface area contributed by atoms with Gasteiger partial charge in [-0.05, 0) is 19.8 Å². The van der Waals surface area contributed by atoms with Gasteiger partial charge in [0.25, 0.3) is 0 Å². The molecule has 0 heterocycles. The molecule has 0 aliphatic heterocycles. The maximum absolute atomic E-state index is 11.6. The molecule has 0 saturated heterocycles. The third-order valence-electron chi connectivity index (χ3n) is 3.03. The van der Waals surface area contributed by atoms with Crippen LogP contribution in [0.2, 0.25) is 0 Å². The van der Waals surface area contributed by atoms with Crippen LogP contribution in [-0.4, -0.2) is 24.4 Å². The van der Waals surface area contributed by atoms with Crippen LogP contribution in [0.3, 0.4) is 0 Å². The lowest BCUT2D eigenvalue weighted by Crippen LogP contribution is -2.41. The molecule has 0 aromatic heterocycles. The zero-order valence-electron chi connectivity index (χ0n) is 12.8. The van der Waals surface area contributed by atoms with Crippen LogP contribution < -0.4 is 10.6 Å². The minimum atomic E-state index is 0.00394. The van der Waals surface area contributed by atoms with Gasteiger partial charge in [0.15, 0.2) is 0 Å². The van der Waals surface area contributed by atoms with Crippen LogP contribution in [0, 0.1) is 0 Å². The molecule has 4 heteroatoms. The van der Waals surface area contributed by atoms with E-state index in [9.17, 15) is 9.59 Å².